The zero-order valence-corrected chi connectivity index (χ0v) is 19.8. The summed E-state index contributed by atoms with van der Waals surface area (Å²) < 4.78 is 5.29. The number of amides is 1. The van der Waals surface area contributed by atoms with E-state index in [4.69, 9.17) is 9.57 Å². The van der Waals surface area contributed by atoms with Crippen LogP contribution in [0.25, 0.3) is 6.08 Å². The van der Waals surface area contributed by atoms with Crippen LogP contribution < -0.4 is 5.48 Å². The van der Waals surface area contributed by atoms with Crippen LogP contribution in [0.1, 0.15) is 68.3 Å². The van der Waals surface area contributed by atoms with Crippen LogP contribution in [0, 0.1) is 0 Å². The van der Waals surface area contributed by atoms with Crippen LogP contribution in [0.2, 0.25) is 0 Å². The number of aromatic hydroxyl groups is 2. The van der Waals surface area contributed by atoms with Gasteiger partial charge in [0.1, 0.15) is 17.1 Å². The van der Waals surface area contributed by atoms with E-state index < -0.39 is 5.97 Å². The summed E-state index contributed by atoms with van der Waals surface area (Å²) in [5, 5.41) is 20.3. The number of cyclic esters (lactones) is 1. The van der Waals surface area contributed by atoms with Gasteiger partial charge >= 0.3 is 5.97 Å². The van der Waals surface area contributed by atoms with Crippen molar-refractivity contribution >= 4 is 18.0 Å². The summed E-state index contributed by atoms with van der Waals surface area (Å²) in [6.07, 6.45) is 14.5. The lowest BCUT2D eigenvalue weighted by Crippen LogP contribution is -2.49. The Bertz CT molecular complexity index is 958. The van der Waals surface area contributed by atoms with Crippen molar-refractivity contribution < 1.29 is 29.4 Å². The summed E-state index contributed by atoms with van der Waals surface area (Å²) >= 11 is 0. The van der Waals surface area contributed by atoms with E-state index in [0.29, 0.717) is 12.1 Å². The van der Waals surface area contributed by atoms with Crippen molar-refractivity contribution in [3.63, 3.8) is 0 Å². The van der Waals surface area contributed by atoms with Crippen molar-refractivity contribution in [2.75, 3.05) is 13.2 Å². The van der Waals surface area contributed by atoms with Crippen LogP contribution >= 0.6 is 0 Å². The van der Waals surface area contributed by atoms with Crippen LogP contribution in [0.5, 0.6) is 11.5 Å². The Kier molecular flexibility index (Phi) is 9.16. The zero-order valence-electron chi connectivity index (χ0n) is 19.8. The molecule has 34 heavy (non-hydrogen) atoms. The molecule has 1 amide bonds. The summed E-state index contributed by atoms with van der Waals surface area (Å²) in [4.78, 5) is 32.8. The van der Waals surface area contributed by atoms with Crippen LogP contribution in [0.3, 0.4) is 0 Å². The number of carbonyl (C=O) groups is 2. The Morgan fingerprint density at radius 1 is 1.12 bits per heavy atom. The number of phenolic OH excluding ortho intramolecular Hbond substituents is 2. The van der Waals surface area contributed by atoms with Crippen LogP contribution in [0.4, 0.5) is 0 Å². The summed E-state index contributed by atoms with van der Waals surface area (Å²) in [5.74, 6) is -1.37. The Balaban J connectivity index is 1.81. The fourth-order valence-electron chi connectivity index (χ4n) is 4.35. The van der Waals surface area contributed by atoms with Gasteiger partial charge in [-0.3, -0.25) is 15.1 Å². The molecule has 2 atom stereocenters. The number of carbonyl (C=O) groups excluding carboxylic acids is 2. The fraction of sp³-hybridized carbons (Fsp3) is 0.462. The van der Waals surface area contributed by atoms with Gasteiger partial charge in [-0.2, -0.15) is 0 Å². The Morgan fingerprint density at radius 3 is 2.59 bits per heavy atom. The Labute approximate surface area is 200 Å². The molecule has 2 aliphatic heterocycles. The molecule has 0 bridgehead atoms. The van der Waals surface area contributed by atoms with E-state index in [2.05, 4.69) is 5.48 Å². The Hall–Kier alpha value is -3.26. The standard InChI is InChI=1S/C26H34N2O6/c1-18-10-9-11-19(2)28(18)24(31)17-34-27-21-12-7-5-3-4-6-8-13-33-26(32)25-20(14-21)15-22(29)16-23(25)30/h4,6-7,12,14-16,18-19,27,29-30H,3,5,8-11,13,17H2,1-2H3/b6-4?,12-7?,21-14-. The van der Waals surface area contributed by atoms with Crippen LogP contribution in [0.15, 0.2) is 42.1 Å². The van der Waals surface area contributed by atoms with Gasteiger partial charge in [0, 0.05) is 18.2 Å². The number of hydrogen-bond acceptors (Lipinski definition) is 7. The largest absolute Gasteiger partial charge is 0.508 e. The van der Waals surface area contributed by atoms with Gasteiger partial charge in [-0.05, 0) is 76.2 Å². The number of likely N-dealkylation sites (tertiary alicyclic amines) is 1. The van der Waals surface area contributed by atoms with Crippen molar-refractivity contribution in [1.29, 1.82) is 0 Å². The molecule has 1 fully saturated rings. The predicted molar refractivity (Wildman–Crippen MR) is 129 cm³/mol. The zero-order chi connectivity index (χ0) is 24.5. The number of rotatable bonds is 4. The van der Waals surface area contributed by atoms with E-state index in [1.54, 1.807) is 12.2 Å². The van der Waals surface area contributed by atoms with Crippen molar-refractivity contribution in [3.8, 4) is 11.5 Å². The first-order chi connectivity index (χ1) is 16.4. The number of phenols is 2. The smallest absolute Gasteiger partial charge is 0.342 e. The normalized spacial score (nSPS) is 23.3. The molecule has 3 N–H and O–H groups in total. The number of piperidine rings is 1. The number of ether oxygens (including phenoxy) is 1. The molecule has 1 aromatic rings. The maximum atomic E-state index is 12.8. The highest BCUT2D eigenvalue weighted by molar-refractivity contribution is 5.97. The fourth-order valence-corrected chi connectivity index (χ4v) is 4.35. The third-order valence-electron chi connectivity index (χ3n) is 6.00. The van der Waals surface area contributed by atoms with Crippen molar-refractivity contribution in [2.45, 2.75) is 64.5 Å². The molecule has 3 rings (SSSR count). The molecule has 184 valence electrons. The number of nitrogens with zero attached hydrogens (tertiary/aromatic N) is 1. The number of nitrogens with one attached hydrogen (secondary N) is 1. The molecule has 0 saturated carbocycles. The quantitative estimate of drug-likeness (QED) is 0.344. The van der Waals surface area contributed by atoms with Crippen molar-refractivity contribution in [1.82, 2.24) is 10.4 Å². The van der Waals surface area contributed by atoms with Crippen molar-refractivity contribution in [3.05, 3.63) is 53.3 Å². The van der Waals surface area contributed by atoms with E-state index in [9.17, 15) is 19.8 Å². The van der Waals surface area contributed by atoms with E-state index in [0.717, 1.165) is 38.2 Å². The third kappa shape index (κ3) is 6.87. The molecule has 0 aliphatic carbocycles. The van der Waals surface area contributed by atoms with E-state index in [1.165, 1.54) is 6.07 Å². The lowest BCUT2D eigenvalue weighted by atomic mass is 9.97. The number of hydrogen-bond donors (Lipinski definition) is 3. The monoisotopic (exact) mass is 470 g/mol. The molecule has 1 saturated heterocycles. The number of fused-ring (bicyclic) bond motifs is 1. The highest BCUT2D eigenvalue weighted by atomic mass is 16.6. The van der Waals surface area contributed by atoms with Crippen LogP contribution in [-0.2, 0) is 14.4 Å². The summed E-state index contributed by atoms with van der Waals surface area (Å²) in [5.41, 5.74) is 3.44. The first-order valence-electron chi connectivity index (χ1n) is 11.8. The van der Waals surface area contributed by atoms with E-state index in [1.807, 2.05) is 37.0 Å². The van der Waals surface area contributed by atoms with Crippen LogP contribution in [-0.4, -0.2) is 52.3 Å². The number of hydroxylamine groups is 1. The predicted octanol–water partition coefficient (Wildman–Crippen LogP) is 4.20. The lowest BCUT2D eigenvalue weighted by molar-refractivity contribution is -0.144. The molecule has 0 aromatic heterocycles. The molecule has 2 unspecified atom stereocenters. The molecular formula is C26H34N2O6. The molecule has 0 radical (unpaired) electrons. The second-order valence-corrected chi connectivity index (χ2v) is 8.73. The number of allylic oxidation sites excluding steroid dienone is 3. The maximum absolute atomic E-state index is 12.8. The van der Waals surface area contributed by atoms with Gasteiger partial charge in [-0.25, -0.2) is 4.79 Å². The minimum atomic E-state index is -0.693. The lowest BCUT2D eigenvalue weighted by Gasteiger charge is -2.38. The van der Waals surface area contributed by atoms with Gasteiger partial charge in [0.15, 0.2) is 6.61 Å². The number of benzene rings is 1. The van der Waals surface area contributed by atoms with E-state index in [-0.39, 0.29) is 53.8 Å². The Morgan fingerprint density at radius 2 is 1.82 bits per heavy atom. The second-order valence-electron chi connectivity index (χ2n) is 8.73. The van der Waals surface area contributed by atoms with Gasteiger partial charge in [0.05, 0.1) is 12.3 Å². The van der Waals surface area contributed by atoms with Gasteiger partial charge in [0.25, 0.3) is 5.91 Å². The molecule has 8 nitrogen and oxygen atoms in total. The number of esters is 1. The first-order valence-corrected chi connectivity index (χ1v) is 11.8. The molecule has 1 aromatic carbocycles. The topological polar surface area (TPSA) is 108 Å². The second kappa shape index (κ2) is 12.3. The summed E-state index contributed by atoms with van der Waals surface area (Å²) in [7, 11) is 0. The average molecular weight is 471 g/mol. The summed E-state index contributed by atoms with van der Waals surface area (Å²) in [6, 6.07) is 2.80. The third-order valence-corrected chi connectivity index (χ3v) is 6.00. The highest BCUT2D eigenvalue weighted by Gasteiger charge is 2.28. The maximum Gasteiger partial charge on any atom is 0.342 e. The minimum Gasteiger partial charge on any atom is -0.508 e. The van der Waals surface area contributed by atoms with Gasteiger partial charge in [0.2, 0.25) is 0 Å². The van der Waals surface area contributed by atoms with Gasteiger partial charge in [-0.15, -0.1) is 0 Å². The van der Waals surface area contributed by atoms with Gasteiger partial charge < -0.3 is 19.8 Å². The average Bonchev–Trinajstić information content (AvgIpc) is 2.76. The molecule has 2 aliphatic rings. The highest BCUT2D eigenvalue weighted by Crippen LogP contribution is 2.30. The molecule has 0 spiro atoms. The van der Waals surface area contributed by atoms with Crippen molar-refractivity contribution in [2.24, 2.45) is 0 Å². The molecule has 2 heterocycles. The summed E-state index contributed by atoms with van der Waals surface area (Å²) in [6.45, 7) is 4.13. The molecular weight excluding hydrogens is 436 g/mol. The molecule has 8 heteroatoms. The SMILES string of the molecule is CC1CCCC(C)N1C(=O)CON/C1=C\c2cc(O)cc(O)c2C(=O)OCCC=CCCC=C1. The van der Waals surface area contributed by atoms with E-state index >= 15 is 0 Å². The first kappa shape index (κ1) is 25.4. The minimum absolute atomic E-state index is 0.0569. The van der Waals surface area contributed by atoms with Gasteiger partial charge in [-0.1, -0.05) is 18.2 Å².